The van der Waals surface area contributed by atoms with E-state index >= 15 is 0 Å². The number of aromatic nitrogens is 2. The van der Waals surface area contributed by atoms with Crippen LogP contribution in [0.2, 0.25) is 0 Å². The topological polar surface area (TPSA) is 75.1 Å². The fraction of sp³-hybridized carbons (Fsp3) is 0.273. The first-order valence-electron chi connectivity index (χ1n) is 4.99. The van der Waals surface area contributed by atoms with Gasteiger partial charge in [0.05, 0.1) is 23.6 Å². The van der Waals surface area contributed by atoms with E-state index in [9.17, 15) is 14.7 Å². The second-order valence-electron chi connectivity index (χ2n) is 3.74. The second kappa shape index (κ2) is 3.94. The number of fused-ring (bicyclic) bond motifs is 1. The third kappa shape index (κ3) is 1.77. The normalized spacial score (nSPS) is 12.9. The van der Waals surface area contributed by atoms with Gasteiger partial charge in [-0.3, -0.25) is 9.36 Å². The molecule has 0 spiro atoms. The number of aromatic amines is 1. The standard InChI is InChI=1S/C11H12N2O3/c1-7(14)6-13-10(15)8-4-2-3-5-9(8)12-11(13)16/h2-5,7,14H,6H2,1H3,(H,12,16)/t7-/m1/s1. The van der Waals surface area contributed by atoms with Crippen LogP contribution in [0.3, 0.4) is 0 Å². The number of para-hydroxylation sites is 1. The average Bonchev–Trinajstić information content (AvgIpc) is 2.24. The van der Waals surface area contributed by atoms with E-state index in [0.29, 0.717) is 10.9 Å². The molecule has 0 fully saturated rings. The molecule has 0 aliphatic heterocycles. The predicted octanol–water partition coefficient (Wildman–Crippen LogP) is 0.0706. The van der Waals surface area contributed by atoms with Gasteiger partial charge in [0.25, 0.3) is 5.56 Å². The van der Waals surface area contributed by atoms with Gasteiger partial charge < -0.3 is 10.1 Å². The van der Waals surface area contributed by atoms with Gasteiger partial charge in [0.1, 0.15) is 0 Å². The Labute approximate surface area is 91.0 Å². The molecule has 2 aromatic rings. The average molecular weight is 220 g/mol. The van der Waals surface area contributed by atoms with Crippen molar-refractivity contribution in [2.24, 2.45) is 0 Å². The van der Waals surface area contributed by atoms with Crippen LogP contribution in [0.4, 0.5) is 0 Å². The molecule has 1 heterocycles. The van der Waals surface area contributed by atoms with E-state index in [2.05, 4.69) is 4.98 Å². The number of nitrogens with zero attached hydrogens (tertiary/aromatic N) is 1. The molecule has 0 saturated carbocycles. The Morgan fingerprint density at radius 3 is 2.75 bits per heavy atom. The van der Waals surface area contributed by atoms with E-state index in [1.807, 2.05) is 0 Å². The van der Waals surface area contributed by atoms with Crippen LogP contribution in [0.1, 0.15) is 6.92 Å². The van der Waals surface area contributed by atoms with Gasteiger partial charge >= 0.3 is 5.69 Å². The van der Waals surface area contributed by atoms with Crippen LogP contribution < -0.4 is 11.2 Å². The first-order valence-corrected chi connectivity index (χ1v) is 4.99. The lowest BCUT2D eigenvalue weighted by atomic mass is 10.2. The van der Waals surface area contributed by atoms with Crippen LogP contribution >= 0.6 is 0 Å². The molecule has 1 atom stereocenters. The molecule has 0 aliphatic carbocycles. The van der Waals surface area contributed by atoms with Gasteiger partial charge in [-0.25, -0.2) is 4.79 Å². The number of hydrogen-bond donors (Lipinski definition) is 2. The number of nitrogens with one attached hydrogen (secondary N) is 1. The summed E-state index contributed by atoms with van der Waals surface area (Å²) in [7, 11) is 0. The largest absolute Gasteiger partial charge is 0.392 e. The van der Waals surface area contributed by atoms with Crippen molar-refractivity contribution < 1.29 is 5.11 Å². The minimum Gasteiger partial charge on any atom is -0.392 e. The molecule has 16 heavy (non-hydrogen) atoms. The smallest absolute Gasteiger partial charge is 0.328 e. The van der Waals surface area contributed by atoms with Gasteiger partial charge in [-0.15, -0.1) is 0 Å². The minimum atomic E-state index is -0.736. The fourth-order valence-corrected chi connectivity index (χ4v) is 1.63. The molecule has 1 aromatic carbocycles. The van der Waals surface area contributed by atoms with Crippen molar-refractivity contribution in [3.8, 4) is 0 Å². The summed E-state index contributed by atoms with van der Waals surface area (Å²) in [5.41, 5.74) is -0.357. The number of rotatable bonds is 2. The van der Waals surface area contributed by atoms with E-state index in [4.69, 9.17) is 0 Å². The summed E-state index contributed by atoms with van der Waals surface area (Å²) in [4.78, 5) is 26.1. The molecule has 5 heteroatoms. The molecule has 84 valence electrons. The second-order valence-corrected chi connectivity index (χ2v) is 3.74. The minimum absolute atomic E-state index is 0.000991. The van der Waals surface area contributed by atoms with Crippen molar-refractivity contribution in [2.75, 3.05) is 0 Å². The van der Waals surface area contributed by atoms with Crippen LogP contribution in [0.15, 0.2) is 33.9 Å². The Hall–Kier alpha value is -1.88. The molecule has 0 amide bonds. The highest BCUT2D eigenvalue weighted by molar-refractivity contribution is 5.76. The third-order valence-corrected chi connectivity index (χ3v) is 2.34. The van der Waals surface area contributed by atoms with E-state index < -0.39 is 11.8 Å². The van der Waals surface area contributed by atoms with Gasteiger partial charge in [-0.2, -0.15) is 0 Å². The molecule has 0 aliphatic rings. The zero-order valence-electron chi connectivity index (χ0n) is 8.80. The third-order valence-electron chi connectivity index (χ3n) is 2.34. The van der Waals surface area contributed by atoms with Crippen LogP contribution in [0.25, 0.3) is 10.9 Å². The van der Waals surface area contributed by atoms with Crippen LogP contribution in [-0.2, 0) is 6.54 Å². The van der Waals surface area contributed by atoms with Crippen LogP contribution in [0, 0.1) is 0 Å². The lowest BCUT2D eigenvalue weighted by Crippen LogP contribution is -2.37. The Morgan fingerprint density at radius 1 is 1.38 bits per heavy atom. The van der Waals surface area contributed by atoms with E-state index in [0.717, 1.165) is 4.57 Å². The van der Waals surface area contributed by atoms with Gasteiger partial charge in [-0.1, -0.05) is 12.1 Å². The van der Waals surface area contributed by atoms with Gasteiger partial charge in [-0.05, 0) is 19.1 Å². The van der Waals surface area contributed by atoms with Crippen molar-refractivity contribution in [3.63, 3.8) is 0 Å². The SMILES string of the molecule is C[C@@H](O)Cn1c(=O)[nH]c2ccccc2c1=O. The van der Waals surface area contributed by atoms with Crippen molar-refractivity contribution in [3.05, 3.63) is 45.1 Å². The maximum Gasteiger partial charge on any atom is 0.328 e. The van der Waals surface area contributed by atoms with Gasteiger partial charge in [0.15, 0.2) is 0 Å². The molecular formula is C11H12N2O3. The Kier molecular flexibility index (Phi) is 2.62. The highest BCUT2D eigenvalue weighted by atomic mass is 16.3. The fourth-order valence-electron chi connectivity index (χ4n) is 1.63. The summed E-state index contributed by atoms with van der Waals surface area (Å²) in [5, 5.41) is 9.66. The molecule has 2 rings (SSSR count). The first kappa shape index (κ1) is 10.6. The zero-order chi connectivity index (χ0) is 11.7. The summed E-state index contributed by atoms with van der Waals surface area (Å²) in [6, 6.07) is 6.79. The molecule has 0 unspecified atom stereocenters. The number of H-pyrrole nitrogens is 1. The van der Waals surface area contributed by atoms with Gasteiger partial charge in [0, 0.05) is 0 Å². The van der Waals surface area contributed by atoms with Crippen LogP contribution in [-0.4, -0.2) is 20.8 Å². The van der Waals surface area contributed by atoms with Crippen molar-refractivity contribution in [2.45, 2.75) is 19.6 Å². The lowest BCUT2D eigenvalue weighted by Gasteiger charge is -2.07. The number of benzene rings is 1. The Bertz CT molecular complexity index is 625. The van der Waals surface area contributed by atoms with Gasteiger partial charge in [0.2, 0.25) is 0 Å². The lowest BCUT2D eigenvalue weighted by molar-refractivity contribution is 0.170. The summed E-state index contributed by atoms with van der Waals surface area (Å²) >= 11 is 0. The van der Waals surface area contributed by atoms with Crippen molar-refractivity contribution in [1.29, 1.82) is 0 Å². The molecule has 0 bridgehead atoms. The molecular weight excluding hydrogens is 208 g/mol. The number of aliphatic hydroxyl groups is 1. The quantitative estimate of drug-likeness (QED) is 0.752. The number of hydrogen-bond acceptors (Lipinski definition) is 3. The Balaban J connectivity index is 2.76. The predicted molar refractivity (Wildman–Crippen MR) is 60.5 cm³/mol. The maximum atomic E-state index is 11.9. The Morgan fingerprint density at radius 2 is 2.06 bits per heavy atom. The number of aliphatic hydroxyl groups excluding tert-OH is 1. The summed E-state index contributed by atoms with van der Waals surface area (Å²) in [6.45, 7) is 1.53. The highest BCUT2D eigenvalue weighted by Gasteiger charge is 2.08. The highest BCUT2D eigenvalue weighted by Crippen LogP contribution is 2.02. The van der Waals surface area contributed by atoms with Crippen molar-refractivity contribution >= 4 is 10.9 Å². The summed E-state index contributed by atoms with van der Waals surface area (Å²) in [6.07, 6.45) is -0.736. The molecule has 0 radical (unpaired) electrons. The van der Waals surface area contributed by atoms with Crippen LogP contribution in [0.5, 0.6) is 0 Å². The summed E-state index contributed by atoms with van der Waals surface area (Å²) < 4.78 is 1.01. The summed E-state index contributed by atoms with van der Waals surface area (Å²) in [5.74, 6) is 0. The first-order chi connectivity index (χ1) is 7.59. The molecule has 0 saturated heterocycles. The molecule has 2 N–H and O–H groups in total. The van der Waals surface area contributed by atoms with E-state index in [1.54, 1.807) is 24.3 Å². The van der Waals surface area contributed by atoms with E-state index in [1.165, 1.54) is 6.92 Å². The molecule has 1 aromatic heterocycles. The van der Waals surface area contributed by atoms with Crippen molar-refractivity contribution in [1.82, 2.24) is 9.55 Å². The monoisotopic (exact) mass is 220 g/mol. The van der Waals surface area contributed by atoms with E-state index in [-0.39, 0.29) is 12.1 Å². The molecule has 5 nitrogen and oxygen atoms in total. The zero-order valence-corrected chi connectivity index (χ0v) is 8.80. The maximum absolute atomic E-state index is 11.9.